The number of carbonyl (C=O) groups excluding carboxylic acids is 1. The van der Waals surface area contributed by atoms with Gasteiger partial charge in [-0.3, -0.25) is 0 Å². The quantitative estimate of drug-likeness (QED) is 0.872. The van der Waals surface area contributed by atoms with Crippen molar-refractivity contribution in [3.63, 3.8) is 0 Å². The van der Waals surface area contributed by atoms with Crippen LogP contribution >= 0.6 is 0 Å². The lowest BCUT2D eigenvalue weighted by molar-refractivity contribution is 0.0600. The normalized spacial score (nSPS) is 9.76. The Labute approximate surface area is 123 Å². The molecule has 1 aromatic carbocycles. The van der Waals surface area contributed by atoms with E-state index in [0.29, 0.717) is 23.5 Å². The second-order valence-corrected chi connectivity index (χ2v) is 4.51. The summed E-state index contributed by atoms with van der Waals surface area (Å²) in [5.41, 5.74) is 2.73. The zero-order valence-electron chi connectivity index (χ0n) is 11.9. The van der Waals surface area contributed by atoms with Gasteiger partial charge in [-0.15, -0.1) is 0 Å². The number of rotatable bonds is 4. The van der Waals surface area contributed by atoms with E-state index < -0.39 is 0 Å². The van der Waals surface area contributed by atoms with Crippen molar-refractivity contribution >= 4 is 11.8 Å². The van der Waals surface area contributed by atoms with Gasteiger partial charge in [0.15, 0.2) is 0 Å². The van der Waals surface area contributed by atoms with E-state index >= 15 is 0 Å². The van der Waals surface area contributed by atoms with E-state index in [2.05, 4.69) is 16.4 Å². The van der Waals surface area contributed by atoms with Crippen LogP contribution in [0.25, 0.3) is 0 Å². The first kappa shape index (κ1) is 14.5. The van der Waals surface area contributed by atoms with Crippen LogP contribution in [-0.2, 0) is 11.3 Å². The van der Waals surface area contributed by atoms with Gasteiger partial charge in [0.25, 0.3) is 0 Å². The molecule has 2 aromatic rings. The summed E-state index contributed by atoms with van der Waals surface area (Å²) >= 11 is 0. The van der Waals surface area contributed by atoms with Gasteiger partial charge < -0.3 is 10.1 Å². The van der Waals surface area contributed by atoms with E-state index in [1.807, 2.05) is 13.0 Å². The van der Waals surface area contributed by atoms with Crippen LogP contribution in [0.1, 0.15) is 27.2 Å². The number of aromatic nitrogens is 1. The standard InChI is InChI=1S/C16H15N3O2/c1-11-6-7-14(9-17)15(19-11)18-10-12-4-3-5-13(8-12)16(20)21-2/h3-8H,10H2,1-2H3,(H,18,19). The summed E-state index contributed by atoms with van der Waals surface area (Å²) in [6, 6.07) is 12.7. The largest absolute Gasteiger partial charge is 0.465 e. The maximum absolute atomic E-state index is 11.5. The maximum Gasteiger partial charge on any atom is 0.337 e. The van der Waals surface area contributed by atoms with Crippen molar-refractivity contribution in [1.29, 1.82) is 5.26 Å². The summed E-state index contributed by atoms with van der Waals surface area (Å²) in [4.78, 5) is 15.8. The van der Waals surface area contributed by atoms with Crippen LogP contribution in [-0.4, -0.2) is 18.1 Å². The summed E-state index contributed by atoms with van der Waals surface area (Å²) in [7, 11) is 1.35. The molecule has 0 bridgehead atoms. The van der Waals surface area contributed by atoms with Crippen LogP contribution in [0.5, 0.6) is 0 Å². The third-order valence-corrected chi connectivity index (χ3v) is 2.96. The van der Waals surface area contributed by atoms with E-state index in [-0.39, 0.29) is 5.97 Å². The predicted octanol–water partition coefficient (Wildman–Crippen LogP) is 2.66. The van der Waals surface area contributed by atoms with Crippen LogP contribution in [0.4, 0.5) is 5.82 Å². The molecule has 0 saturated heterocycles. The number of nitrogens with one attached hydrogen (secondary N) is 1. The first-order valence-corrected chi connectivity index (χ1v) is 6.43. The van der Waals surface area contributed by atoms with Crippen molar-refractivity contribution in [3.8, 4) is 6.07 Å². The highest BCUT2D eigenvalue weighted by molar-refractivity contribution is 5.89. The fourth-order valence-corrected chi connectivity index (χ4v) is 1.89. The zero-order chi connectivity index (χ0) is 15.2. The third kappa shape index (κ3) is 3.57. The lowest BCUT2D eigenvalue weighted by Gasteiger charge is -2.09. The van der Waals surface area contributed by atoms with E-state index in [0.717, 1.165) is 11.3 Å². The van der Waals surface area contributed by atoms with Gasteiger partial charge in [0.1, 0.15) is 11.9 Å². The van der Waals surface area contributed by atoms with Gasteiger partial charge in [0.2, 0.25) is 0 Å². The Balaban J connectivity index is 2.15. The Hall–Kier alpha value is -2.87. The molecule has 0 amide bonds. The average Bonchev–Trinajstić information content (AvgIpc) is 2.52. The Morgan fingerprint density at radius 2 is 2.19 bits per heavy atom. The number of nitrogens with zero attached hydrogens (tertiary/aromatic N) is 2. The fourth-order valence-electron chi connectivity index (χ4n) is 1.89. The number of pyridine rings is 1. The molecule has 1 aromatic heterocycles. The number of carbonyl (C=O) groups is 1. The highest BCUT2D eigenvalue weighted by Gasteiger charge is 2.07. The Bertz CT molecular complexity index is 705. The molecule has 0 aliphatic rings. The molecule has 5 heteroatoms. The molecule has 5 nitrogen and oxygen atoms in total. The first-order valence-electron chi connectivity index (χ1n) is 6.43. The molecule has 0 aliphatic carbocycles. The Morgan fingerprint density at radius 3 is 2.90 bits per heavy atom. The number of hydrogen-bond donors (Lipinski definition) is 1. The minimum Gasteiger partial charge on any atom is -0.465 e. The highest BCUT2D eigenvalue weighted by Crippen LogP contribution is 2.14. The van der Waals surface area contributed by atoms with Crippen molar-refractivity contribution in [3.05, 3.63) is 58.8 Å². The van der Waals surface area contributed by atoms with Gasteiger partial charge in [0.05, 0.1) is 18.2 Å². The molecule has 0 fully saturated rings. The monoisotopic (exact) mass is 281 g/mol. The SMILES string of the molecule is COC(=O)c1cccc(CNc2nc(C)ccc2C#N)c1. The third-order valence-electron chi connectivity index (χ3n) is 2.96. The smallest absolute Gasteiger partial charge is 0.337 e. The molecule has 1 heterocycles. The molecule has 0 unspecified atom stereocenters. The van der Waals surface area contributed by atoms with Gasteiger partial charge in [-0.05, 0) is 36.8 Å². The van der Waals surface area contributed by atoms with Gasteiger partial charge in [-0.25, -0.2) is 9.78 Å². The van der Waals surface area contributed by atoms with Crippen LogP contribution in [0.3, 0.4) is 0 Å². The molecule has 0 atom stereocenters. The summed E-state index contributed by atoms with van der Waals surface area (Å²) in [6.45, 7) is 2.33. The molecule has 0 saturated carbocycles. The number of methoxy groups -OCH3 is 1. The zero-order valence-corrected chi connectivity index (χ0v) is 11.9. The molecule has 0 aliphatic heterocycles. The molecular weight excluding hydrogens is 266 g/mol. The van der Waals surface area contributed by atoms with E-state index in [9.17, 15) is 4.79 Å². The number of esters is 1. The van der Waals surface area contributed by atoms with Crippen LogP contribution < -0.4 is 5.32 Å². The molecule has 106 valence electrons. The van der Waals surface area contributed by atoms with Gasteiger partial charge in [-0.2, -0.15) is 5.26 Å². The lowest BCUT2D eigenvalue weighted by Crippen LogP contribution is -2.06. The van der Waals surface area contributed by atoms with Crippen LogP contribution in [0.15, 0.2) is 36.4 Å². The van der Waals surface area contributed by atoms with Crippen molar-refractivity contribution in [2.45, 2.75) is 13.5 Å². The van der Waals surface area contributed by atoms with Crippen molar-refractivity contribution in [2.75, 3.05) is 12.4 Å². The molecule has 1 N–H and O–H groups in total. The second-order valence-electron chi connectivity index (χ2n) is 4.51. The van der Waals surface area contributed by atoms with E-state index in [1.165, 1.54) is 7.11 Å². The minimum absolute atomic E-state index is 0.372. The first-order chi connectivity index (χ1) is 10.1. The maximum atomic E-state index is 11.5. The Morgan fingerprint density at radius 1 is 1.38 bits per heavy atom. The number of ether oxygens (including phenoxy) is 1. The average molecular weight is 281 g/mol. The van der Waals surface area contributed by atoms with Crippen molar-refractivity contribution < 1.29 is 9.53 Å². The van der Waals surface area contributed by atoms with Crippen LogP contribution in [0.2, 0.25) is 0 Å². The van der Waals surface area contributed by atoms with Gasteiger partial charge >= 0.3 is 5.97 Å². The topological polar surface area (TPSA) is 75.0 Å². The fraction of sp³-hybridized carbons (Fsp3) is 0.188. The summed E-state index contributed by atoms with van der Waals surface area (Å²) in [5.74, 6) is 0.171. The summed E-state index contributed by atoms with van der Waals surface area (Å²) < 4.78 is 4.69. The number of aryl methyl sites for hydroxylation is 1. The molecular formula is C16H15N3O2. The molecule has 0 spiro atoms. The van der Waals surface area contributed by atoms with Gasteiger partial charge in [-0.1, -0.05) is 12.1 Å². The number of benzene rings is 1. The Kier molecular flexibility index (Phi) is 4.52. The highest BCUT2D eigenvalue weighted by atomic mass is 16.5. The van der Waals surface area contributed by atoms with Gasteiger partial charge in [0, 0.05) is 12.2 Å². The number of nitriles is 1. The van der Waals surface area contributed by atoms with E-state index in [1.54, 1.807) is 30.3 Å². The summed E-state index contributed by atoms with van der Waals surface area (Å²) in [6.07, 6.45) is 0. The summed E-state index contributed by atoms with van der Waals surface area (Å²) in [5, 5.41) is 12.2. The minimum atomic E-state index is -0.372. The van der Waals surface area contributed by atoms with Crippen LogP contribution in [0, 0.1) is 18.3 Å². The molecule has 2 rings (SSSR count). The van der Waals surface area contributed by atoms with Crippen molar-refractivity contribution in [2.24, 2.45) is 0 Å². The van der Waals surface area contributed by atoms with Crippen molar-refractivity contribution in [1.82, 2.24) is 4.98 Å². The molecule has 21 heavy (non-hydrogen) atoms. The predicted molar refractivity (Wildman–Crippen MR) is 78.8 cm³/mol. The second kappa shape index (κ2) is 6.53. The number of hydrogen-bond acceptors (Lipinski definition) is 5. The van der Waals surface area contributed by atoms with E-state index in [4.69, 9.17) is 10.00 Å². The lowest BCUT2D eigenvalue weighted by atomic mass is 10.1. The number of anilines is 1. The molecule has 0 radical (unpaired) electrons.